The lowest BCUT2D eigenvalue weighted by Gasteiger charge is -2.31. The summed E-state index contributed by atoms with van der Waals surface area (Å²) in [7, 11) is 0. The SMILES string of the molecule is CC(=O)c1ccc(NC(=O)C[NH+]2CCN(C(=O)c3ccco3)CC2)cc1. The van der Waals surface area contributed by atoms with Crippen LogP contribution in [0.15, 0.2) is 47.1 Å². The minimum Gasteiger partial charge on any atom is -0.459 e. The topological polar surface area (TPSA) is 84.1 Å². The Balaban J connectivity index is 1.46. The van der Waals surface area contributed by atoms with Crippen molar-refractivity contribution in [3.63, 3.8) is 0 Å². The molecule has 2 N–H and O–H groups in total. The number of anilines is 1. The summed E-state index contributed by atoms with van der Waals surface area (Å²) in [5.41, 5.74) is 1.29. The van der Waals surface area contributed by atoms with E-state index in [1.54, 1.807) is 41.3 Å². The zero-order valence-corrected chi connectivity index (χ0v) is 14.7. The van der Waals surface area contributed by atoms with E-state index in [0.717, 1.165) is 4.90 Å². The van der Waals surface area contributed by atoms with E-state index in [1.165, 1.54) is 13.2 Å². The minimum atomic E-state index is -0.107. The molecule has 1 aromatic carbocycles. The van der Waals surface area contributed by atoms with Gasteiger partial charge in [-0.3, -0.25) is 14.4 Å². The molecule has 2 heterocycles. The highest BCUT2D eigenvalue weighted by atomic mass is 16.3. The molecule has 0 unspecified atom stereocenters. The number of nitrogens with one attached hydrogen (secondary N) is 2. The van der Waals surface area contributed by atoms with E-state index in [9.17, 15) is 14.4 Å². The number of carbonyl (C=O) groups is 3. The van der Waals surface area contributed by atoms with Crippen LogP contribution in [-0.2, 0) is 4.79 Å². The van der Waals surface area contributed by atoms with Crippen LogP contribution in [0.3, 0.4) is 0 Å². The molecule has 0 atom stereocenters. The molecule has 2 amide bonds. The molecule has 26 heavy (non-hydrogen) atoms. The van der Waals surface area contributed by atoms with Gasteiger partial charge in [0, 0.05) is 11.3 Å². The smallest absolute Gasteiger partial charge is 0.289 e. The Morgan fingerprint density at radius 2 is 1.81 bits per heavy atom. The van der Waals surface area contributed by atoms with E-state index < -0.39 is 0 Å². The van der Waals surface area contributed by atoms with Gasteiger partial charge in [-0.1, -0.05) is 0 Å². The van der Waals surface area contributed by atoms with Crippen LogP contribution in [0.25, 0.3) is 0 Å². The van der Waals surface area contributed by atoms with Gasteiger partial charge in [-0.05, 0) is 43.3 Å². The molecular formula is C19H22N3O4+. The molecule has 0 radical (unpaired) electrons. The van der Waals surface area contributed by atoms with Gasteiger partial charge in [0.15, 0.2) is 18.1 Å². The second-order valence-electron chi connectivity index (χ2n) is 6.38. The highest BCUT2D eigenvalue weighted by molar-refractivity contribution is 5.95. The number of furan rings is 1. The van der Waals surface area contributed by atoms with Gasteiger partial charge in [0.25, 0.3) is 11.8 Å². The third-order valence-electron chi connectivity index (χ3n) is 4.48. The Kier molecular flexibility index (Phi) is 5.48. The summed E-state index contributed by atoms with van der Waals surface area (Å²) in [5, 5.41) is 2.85. The van der Waals surface area contributed by atoms with Crippen molar-refractivity contribution in [1.82, 2.24) is 4.90 Å². The summed E-state index contributed by atoms with van der Waals surface area (Å²) in [5.74, 6) is 0.153. The number of nitrogens with zero attached hydrogens (tertiary/aromatic N) is 1. The first-order chi connectivity index (χ1) is 12.5. The van der Waals surface area contributed by atoms with Gasteiger partial charge in [-0.2, -0.15) is 0 Å². The number of rotatable bonds is 5. The van der Waals surface area contributed by atoms with Crippen molar-refractivity contribution in [2.45, 2.75) is 6.92 Å². The predicted octanol–water partition coefficient (Wildman–Crippen LogP) is 0.462. The normalized spacial score (nSPS) is 14.9. The van der Waals surface area contributed by atoms with Gasteiger partial charge >= 0.3 is 0 Å². The van der Waals surface area contributed by atoms with Crippen molar-refractivity contribution < 1.29 is 23.7 Å². The predicted molar refractivity (Wildman–Crippen MR) is 95.3 cm³/mol. The largest absolute Gasteiger partial charge is 0.459 e. The lowest BCUT2D eigenvalue weighted by molar-refractivity contribution is -0.895. The van der Waals surface area contributed by atoms with Crippen LogP contribution in [-0.4, -0.2) is 55.2 Å². The van der Waals surface area contributed by atoms with E-state index >= 15 is 0 Å². The molecule has 136 valence electrons. The Hall–Kier alpha value is -2.93. The molecule has 1 aliphatic rings. The number of amides is 2. The molecule has 1 aromatic heterocycles. The van der Waals surface area contributed by atoms with E-state index in [2.05, 4.69) is 5.32 Å². The fraction of sp³-hybridized carbons (Fsp3) is 0.316. The lowest BCUT2D eigenvalue weighted by atomic mass is 10.1. The van der Waals surface area contributed by atoms with Crippen molar-refractivity contribution in [3.05, 3.63) is 54.0 Å². The first-order valence-electron chi connectivity index (χ1n) is 8.60. The zero-order valence-electron chi connectivity index (χ0n) is 14.7. The molecule has 1 saturated heterocycles. The second kappa shape index (κ2) is 7.97. The van der Waals surface area contributed by atoms with Crippen molar-refractivity contribution in [3.8, 4) is 0 Å². The number of hydrogen-bond donors (Lipinski definition) is 2. The molecule has 0 aliphatic carbocycles. The summed E-state index contributed by atoms with van der Waals surface area (Å²) >= 11 is 0. The molecule has 1 fully saturated rings. The molecule has 7 heteroatoms. The van der Waals surface area contributed by atoms with E-state index in [-0.39, 0.29) is 17.6 Å². The van der Waals surface area contributed by atoms with Gasteiger partial charge in [0.2, 0.25) is 0 Å². The van der Waals surface area contributed by atoms with Crippen molar-refractivity contribution in [2.24, 2.45) is 0 Å². The van der Waals surface area contributed by atoms with E-state index in [0.29, 0.717) is 49.7 Å². The Morgan fingerprint density at radius 1 is 1.12 bits per heavy atom. The number of carbonyl (C=O) groups excluding carboxylic acids is 3. The summed E-state index contributed by atoms with van der Waals surface area (Å²) in [6.07, 6.45) is 1.49. The molecule has 0 spiro atoms. The summed E-state index contributed by atoms with van der Waals surface area (Å²) in [6.45, 7) is 4.46. The van der Waals surface area contributed by atoms with Crippen LogP contribution in [0, 0.1) is 0 Å². The monoisotopic (exact) mass is 356 g/mol. The van der Waals surface area contributed by atoms with Crippen molar-refractivity contribution in [1.29, 1.82) is 0 Å². The third kappa shape index (κ3) is 4.37. The fourth-order valence-electron chi connectivity index (χ4n) is 2.98. The zero-order chi connectivity index (χ0) is 18.5. The fourth-order valence-corrected chi connectivity index (χ4v) is 2.98. The van der Waals surface area contributed by atoms with Gasteiger partial charge in [0.1, 0.15) is 0 Å². The Labute approximate surface area is 151 Å². The van der Waals surface area contributed by atoms with Gasteiger partial charge in [-0.15, -0.1) is 0 Å². The molecule has 3 rings (SSSR count). The quantitative estimate of drug-likeness (QED) is 0.763. The average Bonchev–Trinajstić information content (AvgIpc) is 3.17. The number of Topliss-reactive ketones (excluding diaryl/α,β-unsaturated/α-hetero) is 1. The number of hydrogen-bond acceptors (Lipinski definition) is 4. The molecule has 2 aromatic rings. The van der Waals surface area contributed by atoms with Gasteiger partial charge in [0.05, 0.1) is 32.4 Å². The molecular weight excluding hydrogens is 334 g/mol. The number of benzene rings is 1. The van der Waals surface area contributed by atoms with Crippen molar-refractivity contribution in [2.75, 3.05) is 38.0 Å². The van der Waals surface area contributed by atoms with Crippen LogP contribution >= 0.6 is 0 Å². The van der Waals surface area contributed by atoms with Crippen LogP contribution in [0.5, 0.6) is 0 Å². The Bertz CT molecular complexity index is 776. The number of piperazine rings is 1. The van der Waals surface area contributed by atoms with E-state index in [1.807, 2.05) is 0 Å². The summed E-state index contributed by atoms with van der Waals surface area (Å²) in [6, 6.07) is 10.2. The maximum Gasteiger partial charge on any atom is 0.289 e. The van der Waals surface area contributed by atoms with Gasteiger partial charge < -0.3 is 19.5 Å². The first-order valence-corrected chi connectivity index (χ1v) is 8.60. The first kappa shape index (κ1) is 17.9. The van der Waals surface area contributed by atoms with Crippen molar-refractivity contribution >= 4 is 23.3 Å². The van der Waals surface area contributed by atoms with Crippen LogP contribution in [0.4, 0.5) is 5.69 Å². The summed E-state index contributed by atoms with van der Waals surface area (Å²) < 4.78 is 5.15. The Morgan fingerprint density at radius 3 is 2.38 bits per heavy atom. The maximum atomic E-state index is 12.2. The van der Waals surface area contributed by atoms with Crippen LogP contribution in [0.1, 0.15) is 27.8 Å². The third-order valence-corrected chi connectivity index (χ3v) is 4.48. The second-order valence-corrected chi connectivity index (χ2v) is 6.38. The highest BCUT2D eigenvalue weighted by Crippen LogP contribution is 2.09. The lowest BCUT2D eigenvalue weighted by Crippen LogP contribution is -3.15. The average molecular weight is 356 g/mol. The summed E-state index contributed by atoms with van der Waals surface area (Å²) in [4.78, 5) is 38.6. The molecule has 7 nitrogen and oxygen atoms in total. The standard InChI is InChI=1S/C19H21N3O4/c1-14(23)15-4-6-16(7-5-15)20-18(24)13-21-8-10-22(11-9-21)19(25)17-3-2-12-26-17/h2-7,12H,8-11,13H2,1H3,(H,20,24)/p+1. The minimum absolute atomic E-state index is 0.00529. The van der Waals surface area contributed by atoms with Crippen LogP contribution in [0.2, 0.25) is 0 Å². The number of ketones is 1. The van der Waals surface area contributed by atoms with E-state index in [4.69, 9.17) is 4.42 Å². The highest BCUT2D eigenvalue weighted by Gasteiger charge is 2.27. The van der Waals surface area contributed by atoms with Crippen LogP contribution < -0.4 is 10.2 Å². The molecule has 0 bridgehead atoms. The maximum absolute atomic E-state index is 12.2. The molecule has 1 aliphatic heterocycles. The number of quaternary nitrogens is 1. The molecule has 0 saturated carbocycles. The van der Waals surface area contributed by atoms with Gasteiger partial charge in [-0.25, -0.2) is 0 Å².